The minimum atomic E-state index is 0.886. The van der Waals surface area contributed by atoms with Gasteiger partial charge in [-0.15, -0.1) is 0 Å². The van der Waals surface area contributed by atoms with Crippen molar-refractivity contribution in [2.45, 2.75) is 44.6 Å². The summed E-state index contributed by atoms with van der Waals surface area (Å²) < 4.78 is 0. The van der Waals surface area contributed by atoms with Crippen molar-refractivity contribution < 1.29 is 0 Å². The minimum absolute atomic E-state index is 0.886. The Labute approximate surface area is 116 Å². The molecular weight excluding hydrogens is 230 g/mol. The van der Waals surface area contributed by atoms with Crippen molar-refractivity contribution in [1.29, 1.82) is 0 Å². The molecule has 1 heteroatoms. The van der Waals surface area contributed by atoms with Gasteiger partial charge in [0.2, 0.25) is 0 Å². The van der Waals surface area contributed by atoms with Crippen LogP contribution in [0.5, 0.6) is 0 Å². The predicted octanol–water partition coefficient (Wildman–Crippen LogP) is 3.95. The van der Waals surface area contributed by atoms with Crippen LogP contribution in [-0.2, 0) is 6.54 Å². The van der Waals surface area contributed by atoms with Crippen molar-refractivity contribution in [2.75, 3.05) is 7.05 Å². The molecule has 1 N–H and O–H groups in total. The molecule has 1 aromatic rings. The van der Waals surface area contributed by atoms with Gasteiger partial charge in [-0.1, -0.05) is 24.3 Å². The fourth-order valence-corrected chi connectivity index (χ4v) is 5.53. The lowest BCUT2D eigenvalue weighted by atomic mass is 9.51. The van der Waals surface area contributed by atoms with Gasteiger partial charge in [-0.25, -0.2) is 0 Å². The predicted molar refractivity (Wildman–Crippen MR) is 79.0 cm³/mol. The molecule has 4 saturated carbocycles. The molecule has 102 valence electrons. The second kappa shape index (κ2) is 4.63. The van der Waals surface area contributed by atoms with Gasteiger partial charge < -0.3 is 5.32 Å². The van der Waals surface area contributed by atoms with Crippen LogP contribution >= 0.6 is 0 Å². The molecule has 0 spiro atoms. The van der Waals surface area contributed by atoms with Gasteiger partial charge in [0.05, 0.1) is 0 Å². The normalized spacial score (nSPS) is 39.7. The van der Waals surface area contributed by atoms with Gasteiger partial charge >= 0.3 is 0 Å². The van der Waals surface area contributed by atoms with Gasteiger partial charge in [0, 0.05) is 6.54 Å². The Morgan fingerprint density at radius 2 is 1.47 bits per heavy atom. The number of rotatable bonds is 3. The molecule has 1 nitrogen and oxygen atoms in total. The summed E-state index contributed by atoms with van der Waals surface area (Å²) >= 11 is 0. The second-order valence-corrected chi connectivity index (χ2v) is 7.23. The first-order valence-corrected chi connectivity index (χ1v) is 8.07. The van der Waals surface area contributed by atoms with Crippen LogP contribution in [0.4, 0.5) is 0 Å². The summed E-state index contributed by atoms with van der Waals surface area (Å²) in [4.78, 5) is 0. The van der Waals surface area contributed by atoms with E-state index in [4.69, 9.17) is 0 Å². The molecule has 0 saturated heterocycles. The third-order valence-electron chi connectivity index (χ3n) is 5.97. The van der Waals surface area contributed by atoms with Crippen LogP contribution in [0.15, 0.2) is 24.3 Å². The van der Waals surface area contributed by atoms with E-state index in [-0.39, 0.29) is 0 Å². The van der Waals surface area contributed by atoms with Gasteiger partial charge in [-0.2, -0.15) is 0 Å². The smallest absolute Gasteiger partial charge is 0.0202 e. The third-order valence-corrected chi connectivity index (χ3v) is 5.97. The average Bonchev–Trinajstić information content (AvgIpc) is 2.40. The molecule has 0 radical (unpaired) electrons. The Morgan fingerprint density at radius 3 is 2.00 bits per heavy atom. The second-order valence-electron chi connectivity index (χ2n) is 7.23. The summed E-state index contributed by atoms with van der Waals surface area (Å²) in [6.07, 6.45) is 7.65. The monoisotopic (exact) mass is 255 g/mol. The first kappa shape index (κ1) is 12.0. The molecule has 4 fully saturated rings. The fraction of sp³-hybridized carbons (Fsp3) is 0.667. The van der Waals surface area contributed by atoms with E-state index < -0.39 is 0 Å². The lowest BCUT2D eigenvalue weighted by Gasteiger charge is -2.54. The van der Waals surface area contributed by atoms with Gasteiger partial charge in [0.15, 0.2) is 0 Å². The van der Waals surface area contributed by atoms with Crippen LogP contribution in [0.2, 0.25) is 0 Å². The number of nitrogens with one attached hydrogen (secondary N) is 1. The average molecular weight is 255 g/mol. The van der Waals surface area contributed by atoms with Gasteiger partial charge in [-0.05, 0) is 79.9 Å². The number of hydrogen-bond acceptors (Lipinski definition) is 1. The van der Waals surface area contributed by atoms with E-state index in [1.165, 1.54) is 31.2 Å². The first-order chi connectivity index (χ1) is 9.33. The number of hydrogen-bond donors (Lipinski definition) is 1. The summed E-state index contributed by atoms with van der Waals surface area (Å²) in [7, 11) is 2.02. The third kappa shape index (κ3) is 2.03. The molecule has 0 amide bonds. The van der Waals surface area contributed by atoms with Crippen molar-refractivity contribution in [3.05, 3.63) is 35.4 Å². The van der Waals surface area contributed by atoms with E-state index in [0.29, 0.717) is 0 Å². The van der Waals surface area contributed by atoms with Crippen molar-refractivity contribution in [1.82, 2.24) is 5.32 Å². The molecule has 4 bridgehead atoms. The van der Waals surface area contributed by atoms with Crippen molar-refractivity contribution in [2.24, 2.45) is 23.7 Å². The number of benzene rings is 1. The molecule has 5 rings (SSSR count). The molecule has 0 aliphatic heterocycles. The Morgan fingerprint density at radius 1 is 0.895 bits per heavy atom. The minimum Gasteiger partial charge on any atom is -0.316 e. The molecule has 0 unspecified atom stereocenters. The highest BCUT2D eigenvalue weighted by Gasteiger charge is 2.48. The quantitative estimate of drug-likeness (QED) is 0.862. The van der Waals surface area contributed by atoms with Crippen LogP contribution in [0.25, 0.3) is 0 Å². The molecule has 1 aromatic carbocycles. The van der Waals surface area contributed by atoms with E-state index in [2.05, 4.69) is 29.6 Å². The Balaban J connectivity index is 1.58. The highest BCUT2D eigenvalue weighted by Crippen LogP contribution is 2.59. The molecule has 19 heavy (non-hydrogen) atoms. The lowest BCUT2D eigenvalue weighted by molar-refractivity contribution is -0.00278. The van der Waals surface area contributed by atoms with Crippen LogP contribution in [0.1, 0.15) is 49.1 Å². The highest BCUT2D eigenvalue weighted by atomic mass is 14.8. The summed E-state index contributed by atoms with van der Waals surface area (Å²) in [5, 5.41) is 3.23. The van der Waals surface area contributed by atoms with Crippen LogP contribution < -0.4 is 5.32 Å². The zero-order chi connectivity index (χ0) is 12.8. The molecule has 4 aliphatic rings. The Hall–Kier alpha value is -0.820. The first-order valence-electron chi connectivity index (χ1n) is 8.07. The van der Waals surface area contributed by atoms with E-state index in [1.54, 1.807) is 12.0 Å². The lowest BCUT2D eigenvalue weighted by Crippen LogP contribution is -2.43. The summed E-state index contributed by atoms with van der Waals surface area (Å²) in [6.45, 7) is 0.988. The molecule has 4 aliphatic carbocycles. The summed E-state index contributed by atoms with van der Waals surface area (Å²) in [6, 6.07) is 9.49. The van der Waals surface area contributed by atoms with E-state index >= 15 is 0 Å². The Kier molecular flexibility index (Phi) is 2.91. The standard InChI is InChI=1S/C18H25N/c1-19-11-12-2-4-15(5-3-12)18-16-7-13-6-14(9-16)10-17(18)8-13/h2-5,13-14,16-19H,6-11H2,1H3. The maximum absolute atomic E-state index is 3.23. The molecule has 0 heterocycles. The largest absolute Gasteiger partial charge is 0.316 e. The fourth-order valence-electron chi connectivity index (χ4n) is 5.53. The Bertz CT molecular complexity index is 419. The topological polar surface area (TPSA) is 12.0 Å². The van der Waals surface area contributed by atoms with Crippen molar-refractivity contribution >= 4 is 0 Å². The van der Waals surface area contributed by atoms with Gasteiger partial charge in [0.1, 0.15) is 0 Å². The zero-order valence-electron chi connectivity index (χ0n) is 11.9. The summed E-state index contributed by atoms with van der Waals surface area (Å²) in [5.41, 5.74) is 3.05. The zero-order valence-corrected chi connectivity index (χ0v) is 11.9. The van der Waals surface area contributed by atoms with Gasteiger partial charge in [-0.3, -0.25) is 0 Å². The maximum atomic E-state index is 3.23. The van der Waals surface area contributed by atoms with Crippen molar-refractivity contribution in [3.8, 4) is 0 Å². The maximum Gasteiger partial charge on any atom is 0.0202 e. The van der Waals surface area contributed by atoms with E-state index in [0.717, 1.165) is 36.1 Å². The van der Waals surface area contributed by atoms with E-state index in [1.807, 2.05) is 7.05 Å². The van der Waals surface area contributed by atoms with E-state index in [9.17, 15) is 0 Å². The van der Waals surface area contributed by atoms with Crippen LogP contribution in [0, 0.1) is 23.7 Å². The van der Waals surface area contributed by atoms with Crippen LogP contribution in [-0.4, -0.2) is 7.05 Å². The molecular formula is C18H25N. The van der Waals surface area contributed by atoms with Crippen LogP contribution in [0.3, 0.4) is 0 Å². The SMILES string of the molecule is CNCc1ccc(C2C3CC4CC(C3)CC2C4)cc1. The highest BCUT2D eigenvalue weighted by molar-refractivity contribution is 5.28. The van der Waals surface area contributed by atoms with Crippen molar-refractivity contribution in [3.63, 3.8) is 0 Å². The summed E-state index contributed by atoms with van der Waals surface area (Å²) in [5.74, 6) is 5.07. The van der Waals surface area contributed by atoms with Gasteiger partial charge in [0.25, 0.3) is 0 Å². The molecule has 0 aromatic heterocycles. The molecule has 0 atom stereocenters.